The third-order valence-corrected chi connectivity index (χ3v) is 2.37. The van der Waals surface area contributed by atoms with Gasteiger partial charge in [0.05, 0.1) is 11.8 Å². The maximum atomic E-state index is 11.8. The van der Waals surface area contributed by atoms with Gasteiger partial charge in [0.15, 0.2) is 0 Å². The average Bonchev–Trinajstić information content (AvgIpc) is 2.75. The molecule has 0 unspecified atom stereocenters. The van der Waals surface area contributed by atoms with Crippen LogP contribution in [-0.4, -0.2) is 21.8 Å². The van der Waals surface area contributed by atoms with Crippen molar-refractivity contribution in [1.29, 1.82) is 0 Å². The van der Waals surface area contributed by atoms with Crippen LogP contribution in [0.2, 0.25) is 0 Å². The van der Waals surface area contributed by atoms with Gasteiger partial charge in [-0.15, -0.1) is 0 Å². The van der Waals surface area contributed by atoms with Gasteiger partial charge in [0, 0.05) is 12.4 Å². The van der Waals surface area contributed by atoms with Gasteiger partial charge in [0.2, 0.25) is 0 Å². The van der Waals surface area contributed by atoms with Crippen molar-refractivity contribution in [3.63, 3.8) is 0 Å². The second-order valence-electron chi connectivity index (χ2n) is 3.83. The highest BCUT2D eigenvalue weighted by Crippen LogP contribution is 2.12. The summed E-state index contributed by atoms with van der Waals surface area (Å²) in [6.45, 7) is 3.41. The van der Waals surface area contributed by atoms with Gasteiger partial charge >= 0.3 is 0 Å². The average molecular weight is 260 g/mol. The first kappa shape index (κ1) is 12.7. The number of aromatic nitrogens is 2. The van der Waals surface area contributed by atoms with Crippen molar-refractivity contribution in [3.05, 3.63) is 47.4 Å². The van der Waals surface area contributed by atoms with Gasteiger partial charge in [0.25, 0.3) is 11.8 Å². The number of hydrogen-bond donors (Lipinski definition) is 2. The summed E-state index contributed by atoms with van der Waals surface area (Å²) >= 11 is 0. The smallest absolute Gasteiger partial charge is 0.289 e. The molecule has 0 bridgehead atoms. The third-order valence-electron chi connectivity index (χ3n) is 2.37. The number of nitrogens with zero attached hydrogens (tertiary/aromatic N) is 2. The molecule has 0 saturated heterocycles. The predicted molar refractivity (Wildman–Crippen MR) is 65.1 cm³/mol. The standard InChI is InChI=1S/C12H12N4O3/c1-7-5-9(8(2)19-7)11(17)15-16-12(18)10-6-13-3-4-14-10/h3-6H,1-2H3,(H,15,17)(H,16,18). The van der Waals surface area contributed by atoms with Crippen molar-refractivity contribution in [2.45, 2.75) is 13.8 Å². The van der Waals surface area contributed by atoms with Crippen LogP contribution in [0.25, 0.3) is 0 Å². The number of aryl methyl sites for hydroxylation is 2. The van der Waals surface area contributed by atoms with Crippen molar-refractivity contribution < 1.29 is 14.0 Å². The zero-order valence-electron chi connectivity index (χ0n) is 10.4. The first-order chi connectivity index (χ1) is 9.08. The van der Waals surface area contributed by atoms with E-state index >= 15 is 0 Å². The number of hydrogen-bond acceptors (Lipinski definition) is 5. The van der Waals surface area contributed by atoms with Crippen LogP contribution in [0.4, 0.5) is 0 Å². The van der Waals surface area contributed by atoms with E-state index in [0.29, 0.717) is 17.1 Å². The summed E-state index contributed by atoms with van der Waals surface area (Å²) in [6.07, 6.45) is 4.14. The lowest BCUT2D eigenvalue weighted by Crippen LogP contribution is -2.42. The Kier molecular flexibility index (Phi) is 3.56. The van der Waals surface area contributed by atoms with Crippen LogP contribution < -0.4 is 10.9 Å². The molecule has 2 N–H and O–H groups in total. The molecule has 2 heterocycles. The van der Waals surface area contributed by atoms with E-state index in [2.05, 4.69) is 20.8 Å². The number of hydrazine groups is 1. The normalized spacial score (nSPS) is 10.0. The lowest BCUT2D eigenvalue weighted by atomic mass is 10.2. The molecule has 0 spiro atoms. The Morgan fingerprint density at radius 2 is 1.89 bits per heavy atom. The van der Waals surface area contributed by atoms with Crippen molar-refractivity contribution in [2.24, 2.45) is 0 Å². The molecule has 0 saturated carbocycles. The molecule has 2 aromatic heterocycles. The van der Waals surface area contributed by atoms with E-state index in [0.717, 1.165) is 0 Å². The van der Waals surface area contributed by atoms with Crippen LogP contribution in [0.1, 0.15) is 32.4 Å². The molecule has 0 fully saturated rings. The Bertz CT molecular complexity index is 607. The minimum absolute atomic E-state index is 0.114. The van der Waals surface area contributed by atoms with Gasteiger partial charge in [-0.25, -0.2) is 4.98 Å². The maximum Gasteiger partial charge on any atom is 0.289 e. The number of rotatable bonds is 2. The molecular weight excluding hydrogens is 248 g/mol. The molecule has 19 heavy (non-hydrogen) atoms. The van der Waals surface area contributed by atoms with Crippen LogP contribution in [0.15, 0.2) is 29.1 Å². The van der Waals surface area contributed by atoms with E-state index in [1.807, 2.05) is 0 Å². The van der Waals surface area contributed by atoms with Gasteiger partial charge in [-0.05, 0) is 19.9 Å². The van der Waals surface area contributed by atoms with Gasteiger partial charge in [0.1, 0.15) is 17.2 Å². The van der Waals surface area contributed by atoms with Gasteiger partial charge < -0.3 is 4.42 Å². The Hall–Kier alpha value is -2.70. The fourth-order valence-corrected chi connectivity index (χ4v) is 1.52. The molecule has 7 heteroatoms. The van der Waals surface area contributed by atoms with E-state index in [1.165, 1.54) is 18.6 Å². The van der Waals surface area contributed by atoms with Crippen molar-refractivity contribution in [3.8, 4) is 0 Å². The number of nitrogens with one attached hydrogen (secondary N) is 2. The number of carbonyl (C=O) groups is 2. The summed E-state index contributed by atoms with van der Waals surface area (Å²) in [5.41, 5.74) is 5.02. The molecule has 2 amide bonds. The second kappa shape index (κ2) is 5.30. The van der Waals surface area contributed by atoms with E-state index in [9.17, 15) is 9.59 Å². The van der Waals surface area contributed by atoms with Gasteiger partial charge in [-0.1, -0.05) is 0 Å². The Labute approximate surface area is 109 Å². The molecule has 0 aliphatic carbocycles. The summed E-state index contributed by atoms with van der Waals surface area (Å²) < 4.78 is 5.23. The zero-order chi connectivity index (χ0) is 13.8. The van der Waals surface area contributed by atoms with Crippen LogP contribution in [0, 0.1) is 13.8 Å². The molecule has 0 radical (unpaired) electrons. The van der Waals surface area contributed by atoms with Gasteiger partial charge in [-0.3, -0.25) is 25.4 Å². The molecule has 98 valence electrons. The molecule has 0 aromatic carbocycles. The molecule has 7 nitrogen and oxygen atoms in total. The Morgan fingerprint density at radius 1 is 1.16 bits per heavy atom. The minimum Gasteiger partial charge on any atom is -0.466 e. The van der Waals surface area contributed by atoms with E-state index in [1.54, 1.807) is 19.9 Å². The molecule has 2 rings (SSSR count). The quantitative estimate of drug-likeness (QED) is 0.777. The highest BCUT2D eigenvalue weighted by Gasteiger charge is 2.14. The largest absolute Gasteiger partial charge is 0.466 e. The number of carbonyl (C=O) groups excluding carboxylic acids is 2. The molecule has 2 aromatic rings. The second-order valence-corrected chi connectivity index (χ2v) is 3.83. The zero-order valence-corrected chi connectivity index (χ0v) is 10.4. The fraction of sp³-hybridized carbons (Fsp3) is 0.167. The number of furan rings is 1. The van der Waals surface area contributed by atoms with Crippen LogP contribution >= 0.6 is 0 Å². The van der Waals surface area contributed by atoms with Crippen molar-refractivity contribution >= 4 is 11.8 Å². The Balaban J connectivity index is 1.98. The van der Waals surface area contributed by atoms with E-state index in [-0.39, 0.29) is 5.69 Å². The lowest BCUT2D eigenvalue weighted by molar-refractivity contribution is 0.0842. The van der Waals surface area contributed by atoms with Crippen molar-refractivity contribution in [1.82, 2.24) is 20.8 Å². The lowest BCUT2D eigenvalue weighted by Gasteiger charge is -2.05. The summed E-state index contributed by atoms with van der Waals surface area (Å²) in [5.74, 6) is 0.123. The predicted octanol–water partition coefficient (Wildman–Crippen LogP) is 0.761. The molecule has 0 aliphatic rings. The molecule has 0 atom stereocenters. The first-order valence-corrected chi connectivity index (χ1v) is 5.51. The topological polar surface area (TPSA) is 97.1 Å². The van der Waals surface area contributed by atoms with Crippen LogP contribution in [0.3, 0.4) is 0 Å². The fourth-order valence-electron chi connectivity index (χ4n) is 1.52. The van der Waals surface area contributed by atoms with Gasteiger partial charge in [-0.2, -0.15) is 0 Å². The summed E-state index contributed by atoms with van der Waals surface area (Å²) in [6, 6.07) is 1.60. The molecule has 0 aliphatic heterocycles. The number of amides is 2. The van der Waals surface area contributed by atoms with Crippen LogP contribution in [-0.2, 0) is 0 Å². The Morgan fingerprint density at radius 3 is 2.47 bits per heavy atom. The minimum atomic E-state index is -0.542. The van der Waals surface area contributed by atoms with Crippen molar-refractivity contribution in [2.75, 3.05) is 0 Å². The highest BCUT2D eigenvalue weighted by molar-refractivity contribution is 5.98. The van der Waals surface area contributed by atoms with E-state index < -0.39 is 11.8 Å². The first-order valence-electron chi connectivity index (χ1n) is 5.51. The SMILES string of the molecule is Cc1cc(C(=O)NNC(=O)c2cnccn2)c(C)o1. The summed E-state index contributed by atoms with van der Waals surface area (Å²) in [7, 11) is 0. The maximum absolute atomic E-state index is 11.8. The van der Waals surface area contributed by atoms with Crippen LogP contribution in [0.5, 0.6) is 0 Å². The highest BCUT2D eigenvalue weighted by atomic mass is 16.3. The van der Waals surface area contributed by atoms with E-state index in [4.69, 9.17) is 4.42 Å². The summed E-state index contributed by atoms with van der Waals surface area (Å²) in [5, 5.41) is 0. The third kappa shape index (κ3) is 2.95. The molecular formula is C12H12N4O3. The summed E-state index contributed by atoms with van der Waals surface area (Å²) in [4.78, 5) is 31.0. The monoisotopic (exact) mass is 260 g/mol.